The largest absolute Gasteiger partial charge is 0.298 e. The maximum atomic E-state index is 4.78. The summed E-state index contributed by atoms with van der Waals surface area (Å²) in [6, 6.07) is 9.18. The van der Waals surface area contributed by atoms with Gasteiger partial charge in [0.1, 0.15) is 0 Å². The van der Waals surface area contributed by atoms with Gasteiger partial charge in [0.25, 0.3) is 0 Å². The average Bonchev–Trinajstić information content (AvgIpc) is 3.25. The fourth-order valence-corrected chi connectivity index (χ4v) is 4.67. The fourth-order valence-electron chi connectivity index (χ4n) is 4.67. The summed E-state index contributed by atoms with van der Waals surface area (Å²) in [4.78, 5) is 2.34. The van der Waals surface area contributed by atoms with E-state index in [-0.39, 0.29) is 0 Å². The number of H-pyrrole nitrogens is 1. The second-order valence-electron chi connectivity index (χ2n) is 8.72. The van der Waals surface area contributed by atoms with E-state index in [9.17, 15) is 0 Å². The van der Waals surface area contributed by atoms with Gasteiger partial charge in [-0.15, -0.1) is 0 Å². The minimum Gasteiger partial charge on any atom is -0.298 e. The van der Waals surface area contributed by atoms with Crippen molar-refractivity contribution in [3.05, 3.63) is 58.5 Å². The summed E-state index contributed by atoms with van der Waals surface area (Å²) in [7, 11) is 4.17. The highest BCUT2D eigenvalue weighted by atomic mass is 15.3. The van der Waals surface area contributed by atoms with Crippen LogP contribution in [0.1, 0.15) is 66.1 Å². The Hall–Kier alpha value is -2.40. The molecule has 4 rings (SSSR count). The molecule has 29 heavy (non-hydrogen) atoms. The second kappa shape index (κ2) is 8.54. The summed E-state index contributed by atoms with van der Waals surface area (Å²) in [6.07, 6.45) is 8.97. The smallest absolute Gasteiger partial charge is 0.0968 e. The summed E-state index contributed by atoms with van der Waals surface area (Å²) in [5.74, 6) is 0.744. The average molecular weight is 392 g/mol. The van der Waals surface area contributed by atoms with Crippen LogP contribution in [-0.4, -0.2) is 31.9 Å². The number of hydrogen-bond donors (Lipinski definition) is 1. The lowest BCUT2D eigenvalue weighted by atomic mass is 9.84. The van der Waals surface area contributed by atoms with Crippen LogP contribution in [0.25, 0.3) is 11.3 Å². The summed E-state index contributed by atoms with van der Waals surface area (Å²) < 4.78 is 1.93. The molecule has 1 saturated carbocycles. The van der Waals surface area contributed by atoms with Crippen molar-refractivity contribution in [1.82, 2.24) is 24.9 Å². The Balaban J connectivity index is 1.50. The maximum absolute atomic E-state index is 4.78. The molecule has 3 aromatic rings. The third-order valence-electron chi connectivity index (χ3n) is 6.31. The van der Waals surface area contributed by atoms with E-state index in [4.69, 9.17) is 5.10 Å². The molecule has 0 bridgehead atoms. The van der Waals surface area contributed by atoms with Crippen molar-refractivity contribution < 1.29 is 0 Å². The highest BCUT2D eigenvalue weighted by molar-refractivity contribution is 5.63. The van der Waals surface area contributed by atoms with Gasteiger partial charge < -0.3 is 0 Å². The van der Waals surface area contributed by atoms with Crippen LogP contribution in [0.3, 0.4) is 0 Å². The molecule has 0 unspecified atom stereocenters. The van der Waals surface area contributed by atoms with Gasteiger partial charge in [0.15, 0.2) is 0 Å². The van der Waals surface area contributed by atoms with Gasteiger partial charge in [-0.2, -0.15) is 10.2 Å². The topological polar surface area (TPSA) is 49.7 Å². The first-order valence-electron chi connectivity index (χ1n) is 10.8. The van der Waals surface area contributed by atoms with Crippen LogP contribution in [0.5, 0.6) is 0 Å². The van der Waals surface area contributed by atoms with E-state index in [0.29, 0.717) is 0 Å². The fraction of sp³-hybridized carbons (Fsp3) is 0.500. The SMILES string of the molecule is Cc1n[nH]c(C)c1CN(C)Cc1cn(C)nc1-c1ccc(C2CCCCC2)cc1. The number of benzene rings is 1. The Bertz CT molecular complexity index is 925. The second-order valence-corrected chi connectivity index (χ2v) is 8.72. The lowest BCUT2D eigenvalue weighted by molar-refractivity contribution is 0.318. The van der Waals surface area contributed by atoms with Gasteiger partial charge >= 0.3 is 0 Å². The third kappa shape index (κ3) is 4.45. The van der Waals surface area contributed by atoms with Crippen LogP contribution >= 0.6 is 0 Å². The van der Waals surface area contributed by atoms with Gasteiger partial charge in [0.05, 0.1) is 11.4 Å². The molecule has 154 valence electrons. The molecule has 5 nitrogen and oxygen atoms in total. The van der Waals surface area contributed by atoms with Crippen molar-refractivity contribution in [3.8, 4) is 11.3 Å². The van der Waals surface area contributed by atoms with E-state index >= 15 is 0 Å². The zero-order chi connectivity index (χ0) is 20.4. The first-order valence-corrected chi connectivity index (χ1v) is 10.8. The quantitative estimate of drug-likeness (QED) is 0.635. The van der Waals surface area contributed by atoms with Crippen LogP contribution < -0.4 is 0 Å². The molecule has 1 aromatic carbocycles. The van der Waals surface area contributed by atoms with Gasteiger partial charge in [0.2, 0.25) is 0 Å². The first kappa shape index (κ1) is 19.9. The van der Waals surface area contributed by atoms with E-state index in [0.717, 1.165) is 36.1 Å². The molecule has 0 saturated heterocycles. The molecule has 0 radical (unpaired) electrons. The maximum Gasteiger partial charge on any atom is 0.0968 e. The lowest BCUT2D eigenvalue weighted by Gasteiger charge is -2.22. The van der Waals surface area contributed by atoms with Crippen molar-refractivity contribution >= 4 is 0 Å². The van der Waals surface area contributed by atoms with Gasteiger partial charge in [-0.05, 0) is 45.2 Å². The molecule has 0 aliphatic heterocycles. The molecule has 2 heterocycles. The van der Waals surface area contributed by atoms with Crippen LogP contribution in [-0.2, 0) is 20.1 Å². The molecular weight excluding hydrogens is 358 g/mol. The normalized spacial score (nSPS) is 15.3. The number of nitrogens with one attached hydrogen (secondary N) is 1. The molecule has 1 fully saturated rings. The third-order valence-corrected chi connectivity index (χ3v) is 6.31. The van der Waals surface area contributed by atoms with Crippen molar-refractivity contribution in [1.29, 1.82) is 0 Å². The van der Waals surface area contributed by atoms with Gasteiger partial charge in [-0.1, -0.05) is 43.5 Å². The number of aromatic amines is 1. The van der Waals surface area contributed by atoms with Crippen molar-refractivity contribution in [2.45, 2.75) is 65.0 Å². The molecule has 0 amide bonds. The molecular formula is C24H33N5. The molecule has 1 aliphatic carbocycles. The predicted molar refractivity (Wildman–Crippen MR) is 118 cm³/mol. The monoisotopic (exact) mass is 391 g/mol. The molecule has 0 spiro atoms. The molecule has 2 aromatic heterocycles. The number of nitrogens with zero attached hydrogens (tertiary/aromatic N) is 4. The Morgan fingerprint density at radius 1 is 1.07 bits per heavy atom. The van der Waals surface area contributed by atoms with Crippen LogP contribution in [0, 0.1) is 13.8 Å². The van der Waals surface area contributed by atoms with E-state index < -0.39 is 0 Å². The van der Waals surface area contributed by atoms with E-state index in [1.807, 2.05) is 11.7 Å². The van der Waals surface area contributed by atoms with E-state index in [2.05, 4.69) is 66.5 Å². The Morgan fingerprint density at radius 2 is 1.79 bits per heavy atom. The number of hydrogen-bond acceptors (Lipinski definition) is 3. The van der Waals surface area contributed by atoms with Crippen LogP contribution in [0.4, 0.5) is 0 Å². The minimum absolute atomic E-state index is 0.744. The first-order chi connectivity index (χ1) is 14.0. The highest BCUT2D eigenvalue weighted by Crippen LogP contribution is 2.34. The Kier molecular flexibility index (Phi) is 5.86. The van der Waals surface area contributed by atoms with Crippen molar-refractivity contribution in [2.24, 2.45) is 7.05 Å². The van der Waals surface area contributed by atoms with Crippen LogP contribution in [0.2, 0.25) is 0 Å². The summed E-state index contributed by atoms with van der Waals surface area (Å²) in [5, 5.41) is 12.2. The Morgan fingerprint density at radius 3 is 2.45 bits per heavy atom. The predicted octanol–water partition coefficient (Wildman–Crippen LogP) is 5.11. The summed E-state index contributed by atoms with van der Waals surface area (Å²) in [5.41, 5.74) is 8.58. The van der Waals surface area contributed by atoms with Crippen molar-refractivity contribution in [2.75, 3.05) is 7.05 Å². The molecule has 1 N–H and O–H groups in total. The van der Waals surface area contributed by atoms with Gasteiger partial charge in [-0.3, -0.25) is 14.7 Å². The molecule has 5 heteroatoms. The van der Waals surface area contributed by atoms with Crippen molar-refractivity contribution in [3.63, 3.8) is 0 Å². The number of rotatable bonds is 6. The van der Waals surface area contributed by atoms with E-state index in [1.165, 1.54) is 54.4 Å². The Labute approximate surface area is 174 Å². The lowest BCUT2D eigenvalue weighted by Crippen LogP contribution is -2.18. The number of aryl methyl sites for hydroxylation is 3. The summed E-state index contributed by atoms with van der Waals surface area (Å²) in [6.45, 7) is 5.89. The minimum atomic E-state index is 0.744. The van der Waals surface area contributed by atoms with Crippen LogP contribution in [0.15, 0.2) is 30.5 Å². The zero-order valence-electron chi connectivity index (χ0n) is 18.2. The van der Waals surface area contributed by atoms with Gasteiger partial charge in [0, 0.05) is 48.7 Å². The zero-order valence-corrected chi connectivity index (χ0v) is 18.2. The molecule has 0 atom stereocenters. The summed E-state index contributed by atoms with van der Waals surface area (Å²) >= 11 is 0. The number of aromatic nitrogens is 4. The van der Waals surface area contributed by atoms with E-state index in [1.54, 1.807) is 0 Å². The standard InChI is InChI=1S/C24H33N5/c1-17-23(18(2)26-25-17)16-28(3)14-22-15-29(4)27-24(22)21-12-10-20(11-13-21)19-8-6-5-7-9-19/h10-13,15,19H,5-9,14,16H2,1-4H3,(H,25,26). The highest BCUT2D eigenvalue weighted by Gasteiger charge is 2.17. The molecule has 1 aliphatic rings. The van der Waals surface area contributed by atoms with Gasteiger partial charge in [-0.25, -0.2) is 0 Å².